The Balaban J connectivity index is 1.41. The van der Waals surface area contributed by atoms with E-state index in [4.69, 9.17) is 14.2 Å². The van der Waals surface area contributed by atoms with Crippen molar-refractivity contribution in [3.05, 3.63) is 77.4 Å². The number of aromatic nitrogens is 1. The van der Waals surface area contributed by atoms with Crippen LogP contribution in [-0.4, -0.2) is 66.6 Å². The molecule has 1 saturated heterocycles. The summed E-state index contributed by atoms with van der Waals surface area (Å²) >= 11 is 0. The summed E-state index contributed by atoms with van der Waals surface area (Å²) in [6.07, 6.45) is 2.18. The first-order valence-electron chi connectivity index (χ1n) is 13.1. The lowest BCUT2D eigenvalue weighted by atomic mass is 10.0. The first-order chi connectivity index (χ1) is 19.4. The molecule has 0 unspecified atom stereocenters. The summed E-state index contributed by atoms with van der Waals surface area (Å²) in [5.74, 6) is -0.200. The van der Waals surface area contributed by atoms with Gasteiger partial charge in [-0.05, 0) is 53.9 Å². The second-order valence-electron chi connectivity index (χ2n) is 9.80. The van der Waals surface area contributed by atoms with Crippen LogP contribution < -0.4 is 24.8 Å². The number of halogens is 1. The van der Waals surface area contributed by atoms with Crippen molar-refractivity contribution in [2.24, 2.45) is 0 Å². The number of aryl methyl sites for hydroxylation is 1. The Labute approximate surface area is 230 Å². The van der Waals surface area contributed by atoms with E-state index in [2.05, 4.69) is 15.6 Å². The Hall–Kier alpha value is -4.54. The number of nitrogens with one attached hydrogen (secondary N) is 3. The molecule has 210 valence electrons. The molecule has 0 aliphatic carbocycles. The maximum absolute atomic E-state index is 14.5. The zero-order valence-electron chi connectivity index (χ0n) is 22.1. The Kier molecular flexibility index (Phi) is 8.18. The van der Waals surface area contributed by atoms with Crippen LogP contribution in [0.25, 0.3) is 0 Å². The molecule has 5 rings (SSSR count). The van der Waals surface area contributed by atoms with Gasteiger partial charge in [-0.2, -0.15) is 0 Å². The highest BCUT2D eigenvalue weighted by atomic mass is 19.1. The monoisotopic (exact) mass is 550 g/mol. The lowest BCUT2D eigenvalue weighted by Crippen LogP contribution is -2.58. The maximum Gasteiger partial charge on any atom is 0.270 e. The molecule has 2 aromatic carbocycles. The largest absolute Gasteiger partial charge is 0.493 e. The average Bonchev–Trinajstić information content (AvgIpc) is 3.49. The van der Waals surface area contributed by atoms with E-state index in [0.29, 0.717) is 42.1 Å². The van der Waals surface area contributed by atoms with Crippen LogP contribution in [0.5, 0.6) is 17.2 Å². The number of benzene rings is 2. The van der Waals surface area contributed by atoms with Crippen LogP contribution in [0, 0.1) is 5.82 Å². The molecule has 0 spiro atoms. The van der Waals surface area contributed by atoms with Gasteiger partial charge in [0.2, 0.25) is 5.91 Å². The number of rotatable bonds is 2. The summed E-state index contributed by atoms with van der Waals surface area (Å²) in [7, 11) is 1.51. The molecule has 2 aliphatic heterocycles. The number of hydrogen-bond donors (Lipinski definition) is 3. The number of methoxy groups -OCH3 is 1. The van der Waals surface area contributed by atoms with E-state index in [9.17, 15) is 18.8 Å². The van der Waals surface area contributed by atoms with Crippen molar-refractivity contribution in [1.82, 2.24) is 20.5 Å². The Bertz CT molecular complexity index is 1380. The van der Waals surface area contributed by atoms with Crippen molar-refractivity contribution >= 4 is 17.7 Å². The Morgan fingerprint density at radius 3 is 2.75 bits per heavy atom. The molecule has 11 heteroatoms. The Morgan fingerprint density at radius 2 is 1.95 bits per heavy atom. The van der Waals surface area contributed by atoms with Crippen molar-refractivity contribution in [3.63, 3.8) is 0 Å². The SMILES string of the molecule is COc1ccc2cc1OCC(=O)N[C@@H]1CN(C(=O)c3ccc[nH]3)CC[C@H]1Oc1cc(F)cc(c1)CNC(=O)CC2. The number of H-pyrrole nitrogens is 1. The van der Waals surface area contributed by atoms with Crippen molar-refractivity contribution in [2.45, 2.75) is 38.0 Å². The average molecular weight is 551 g/mol. The quantitative estimate of drug-likeness (QED) is 0.451. The van der Waals surface area contributed by atoms with E-state index in [1.165, 1.54) is 19.2 Å². The summed E-state index contributed by atoms with van der Waals surface area (Å²) in [6, 6.07) is 12.4. The molecule has 40 heavy (non-hydrogen) atoms. The number of piperidine rings is 1. The molecule has 10 nitrogen and oxygen atoms in total. The molecule has 1 aromatic heterocycles. The maximum atomic E-state index is 14.5. The predicted molar refractivity (Wildman–Crippen MR) is 143 cm³/mol. The van der Waals surface area contributed by atoms with Crippen LogP contribution in [0.1, 0.15) is 34.5 Å². The third-order valence-electron chi connectivity index (χ3n) is 6.95. The van der Waals surface area contributed by atoms with E-state index in [1.54, 1.807) is 41.4 Å². The normalized spacial score (nSPS) is 20.0. The number of hydrogen-bond acceptors (Lipinski definition) is 6. The van der Waals surface area contributed by atoms with Crippen LogP contribution in [0.2, 0.25) is 0 Å². The molecule has 2 atom stereocenters. The first-order valence-corrected chi connectivity index (χ1v) is 13.1. The minimum atomic E-state index is -0.595. The lowest BCUT2D eigenvalue weighted by Gasteiger charge is -2.38. The standard InChI is InChI=1S/C29H31FN4O6/c1-38-25-6-4-18-5-7-27(35)32-15-19-11-20(30)14-21(12-19)40-24-8-10-34(29(37)22-3-2-9-31-22)16-23(24)33-28(36)17-39-26(25)13-18/h2-4,6,9,11-14,23-24,31H,5,7-8,10,15-17H2,1H3,(H,32,35)(H,33,36)/t23-,24-/m1/s1. The van der Waals surface area contributed by atoms with Crippen LogP contribution in [0.3, 0.4) is 0 Å². The topological polar surface area (TPSA) is 122 Å². The zero-order chi connectivity index (χ0) is 28.1. The van der Waals surface area contributed by atoms with Crippen molar-refractivity contribution in [1.29, 1.82) is 0 Å². The van der Waals surface area contributed by atoms with Gasteiger partial charge in [0.1, 0.15) is 23.4 Å². The summed E-state index contributed by atoms with van der Waals surface area (Å²) in [4.78, 5) is 43.1. The molecule has 3 amide bonds. The number of carbonyl (C=O) groups excluding carboxylic acids is 3. The molecular formula is C29H31FN4O6. The van der Waals surface area contributed by atoms with Gasteiger partial charge in [-0.1, -0.05) is 6.07 Å². The van der Waals surface area contributed by atoms with E-state index >= 15 is 0 Å². The van der Waals surface area contributed by atoms with Crippen molar-refractivity contribution < 1.29 is 33.0 Å². The van der Waals surface area contributed by atoms with Gasteiger partial charge < -0.3 is 34.7 Å². The van der Waals surface area contributed by atoms with Gasteiger partial charge in [0, 0.05) is 44.7 Å². The number of ether oxygens (including phenoxy) is 3. The molecule has 0 radical (unpaired) electrons. The molecule has 1 fully saturated rings. The van der Waals surface area contributed by atoms with Crippen molar-refractivity contribution in [3.8, 4) is 17.2 Å². The number of nitrogens with zero attached hydrogens (tertiary/aromatic N) is 1. The Morgan fingerprint density at radius 1 is 1.07 bits per heavy atom. The summed E-state index contributed by atoms with van der Waals surface area (Å²) in [5, 5.41) is 5.77. The van der Waals surface area contributed by atoms with Gasteiger partial charge in [-0.15, -0.1) is 0 Å². The van der Waals surface area contributed by atoms with E-state index in [1.807, 2.05) is 6.07 Å². The van der Waals surface area contributed by atoms with E-state index in [-0.39, 0.29) is 43.7 Å². The molecule has 0 saturated carbocycles. The van der Waals surface area contributed by atoms with Crippen LogP contribution in [0.4, 0.5) is 4.39 Å². The predicted octanol–water partition coefficient (Wildman–Crippen LogP) is 2.58. The number of likely N-dealkylation sites (tertiary alicyclic amines) is 1. The molecule has 3 aromatic rings. The van der Waals surface area contributed by atoms with Gasteiger partial charge in [0.05, 0.1) is 13.2 Å². The number of fused-ring (bicyclic) bond motifs is 5. The summed E-state index contributed by atoms with van der Waals surface area (Å²) < 4.78 is 31.8. The second-order valence-corrected chi connectivity index (χ2v) is 9.80. The second kappa shape index (κ2) is 12.1. The fourth-order valence-corrected chi connectivity index (χ4v) is 4.92. The van der Waals surface area contributed by atoms with E-state index < -0.39 is 23.9 Å². The van der Waals surface area contributed by atoms with Crippen LogP contribution in [-0.2, 0) is 22.6 Å². The van der Waals surface area contributed by atoms with Gasteiger partial charge in [0.25, 0.3) is 11.8 Å². The molecule has 3 N–H and O–H groups in total. The smallest absolute Gasteiger partial charge is 0.270 e. The highest BCUT2D eigenvalue weighted by Gasteiger charge is 2.35. The lowest BCUT2D eigenvalue weighted by molar-refractivity contribution is -0.125. The van der Waals surface area contributed by atoms with Crippen molar-refractivity contribution in [2.75, 3.05) is 26.8 Å². The highest BCUT2D eigenvalue weighted by molar-refractivity contribution is 5.92. The molecule has 3 heterocycles. The highest BCUT2D eigenvalue weighted by Crippen LogP contribution is 2.29. The third kappa shape index (κ3) is 6.53. The summed E-state index contributed by atoms with van der Waals surface area (Å²) in [6.45, 7) is 0.393. The minimum Gasteiger partial charge on any atom is -0.493 e. The molecule has 2 aliphatic rings. The van der Waals surface area contributed by atoms with Crippen LogP contribution >= 0.6 is 0 Å². The zero-order valence-corrected chi connectivity index (χ0v) is 22.1. The van der Waals surface area contributed by atoms with Crippen LogP contribution in [0.15, 0.2) is 54.7 Å². The third-order valence-corrected chi connectivity index (χ3v) is 6.95. The van der Waals surface area contributed by atoms with E-state index in [0.717, 1.165) is 5.56 Å². The minimum absolute atomic E-state index is 0.132. The van der Waals surface area contributed by atoms with Gasteiger partial charge in [-0.25, -0.2) is 4.39 Å². The summed E-state index contributed by atoms with van der Waals surface area (Å²) in [5.41, 5.74) is 1.82. The fourth-order valence-electron chi connectivity index (χ4n) is 4.92. The molecular weight excluding hydrogens is 519 g/mol. The van der Waals surface area contributed by atoms with Gasteiger partial charge >= 0.3 is 0 Å². The number of amides is 3. The van der Waals surface area contributed by atoms with Gasteiger partial charge in [0.15, 0.2) is 18.1 Å². The number of carbonyl (C=O) groups is 3. The number of aromatic amines is 1. The molecule has 4 bridgehead atoms. The fraction of sp³-hybridized carbons (Fsp3) is 0.345. The van der Waals surface area contributed by atoms with Gasteiger partial charge in [-0.3, -0.25) is 14.4 Å². The first kappa shape index (κ1) is 27.0.